The molecule has 0 aliphatic heterocycles. The Balaban J connectivity index is 0.000000175. The molecule has 6 heterocycles. The molecular formula is C51H45N11O4S4. The van der Waals surface area contributed by atoms with E-state index in [1.54, 1.807) is 23.2 Å². The molecule has 0 amide bonds. The monoisotopic (exact) mass is 1000 g/mol. The molecule has 10 aromatic rings. The lowest BCUT2D eigenvalue weighted by Crippen LogP contribution is -2.20. The Morgan fingerprint density at radius 3 is 1.37 bits per heavy atom. The summed E-state index contributed by atoms with van der Waals surface area (Å²) in [6, 6.07) is 43.3. The molecule has 4 aromatic carbocycles. The largest absolute Gasteiger partial charge is 0.364 e. The van der Waals surface area contributed by atoms with Crippen LogP contribution in [0.3, 0.4) is 0 Å². The number of benzene rings is 4. The van der Waals surface area contributed by atoms with E-state index in [-0.39, 0.29) is 19.8 Å². The molecule has 4 N–H and O–H groups in total. The predicted molar refractivity (Wildman–Crippen MR) is 278 cm³/mol. The van der Waals surface area contributed by atoms with E-state index in [1.807, 2.05) is 142 Å². The number of nitrogens with one attached hydrogen (secondary N) is 2. The number of aromatic nitrogens is 8. The highest BCUT2D eigenvalue weighted by Crippen LogP contribution is 2.37. The number of sulfonamides is 1. The molecule has 0 saturated heterocycles. The van der Waals surface area contributed by atoms with Gasteiger partial charge in [0.15, 0.2) is 11.6 Å². The fourth-order valence-corrected chi connectivity index (χ4v) is 11.9. The van der Waals surface area contributed by atoms with Crippen molar-refractivity contribution < 1.29 is 16.8 Å². The molecule has 70 heavy (non-hydrogen) atoms. The molecule has 0 atom stereocenters. The van der Waals surface area contributed by atoms with E-state index < -0.39 is 19.9 Å². The summed E-state index contributed by atoms with van der Waals surface area (Å²) in [6.45, 7) is 6.62. The van der Waals surface area contributed by atoms with Crippen LogP contribution in [0.15, 0.2) is 165 Å². The molecule has 0 aliphatic carbocycles. The molecule has 352 valence electrons. The number of rotatable bonds is 13. The van der Waals surface area contributed by atoms with Gasteiger partial charge >= 0.3 is 0 Å². The van der Waals surface area contributed by atoms with E-state index in [0.29, 0.717) is 53.3 Å². The first-order valence-electron chi connectivity index (χ1n) is 21.9. The first-order chi connectivity index (χ1) is 33.7. The van der Waals surface area contributed by atoms with Gasteiger partial charge in [-0.15, -0.1) is 22.7 Å². The van der Waals surface area contributed by atoms with Crippen LogP contribution >= 0.6 is 22.7 Å². The highest BCUT2D eigenvalue weighted by Gasteiger charge is 2.27. The lowest BCUT2D eigenvalue weighted by molar-refractivity contribution is 0.461. The van der Waals surface area contributed by atoms with Crippen LogP contribution in [0.5, 0.6) is 0 Å². The van der Waals surface area contributed by atoms with E-state index in [4.69, 9.17) is 20.1 Å². The van der Waals surface area contributed by atoms with E-state index in [0.717, 1.165) is 72.6 Å². The smallest absolute Gasteiger partial charge is 0.265 e. The summed E-state index contributed by atoms with van der Waals surface area (Å²) in [5, 5.41) is 17.1. The normalized spacial score (nSPS) is 11.8. The SMILES string of the molecule is CC(C)(C)CS(=O)(=O)c1nc(-c2nc(NCc3ccccn3)c3c(-c4ccccc4)cccc3n2)cs1.NS(=O)(=O)c1nc(-c2nc(NCc3ccccn3)c3c(-c4ccccc4)cccc3n2)cs1. The van der Waals surface area contributed by atoms with Crippen molar-refractivity contribution in [2.45, 2.75) is 42.5 Å². The number of nitrogens with two attached hydrogens (primary N) is 1. The van der Waals surface area contributed by atoms with Crippen LogP contribution in [-0.2, 0) is 33.0 Å². The summed E-state index contributed by atoms with van der Waals surface area (Å²) in [6.07, 6.45) is 3.49. The van der Waals surface area contributed by atoms with Gasteiger partial charge in [0, 0.05) is 23.2 Å². The molecule has 0 radical (unpaired) electrons. The molecule has 0 fully saturated rings. The predicted octanol–water partition coefficient (Wildman–Crippen LogP) is 10.3. The molecule has 0 spiro atoms. The Kier molecular flexibility index (Phi) is 13.8. The second-order valence-corrected chi connectivity index (χ2v) is 22.7. The van der Waals surface area contributed by atoms with Gasteiger partial charge in [0.05, 0.1) is 52.0 Å². The lowest BCUT2D eigenvalue weighted by Gasteiger charge is -2.16. The average molecular weight is 1000 g/mol. The van der Waals surface area contributed by atoms with Gasteiger partial charge in [-0.3, -0.25) is 9.97 Å². The van der Waals surface area contributed by atoms with E-state index in [9.17, 15) is 16.8 Å². The Hall–Kier alpha value is -7.42. The number of pyridine rings is 2. The fourth-order valence-electron chi connectivity index (χ4n) is 7.55. The zero-order valence-corrected chi connectivity index (χ0v) is 41.3. The van der Waals surface area contributed by atoms with Crippen molar-refractivity contribution in [1.29, 1.82) is 0 Å². The zero-order chi connectivity index (χ0) is 48.9. The number of hydrogen-bond acceptors (Lipinski definition) is 16. The van der Waals surface area contributed by atoms with Gasteiger partial charge in [0.25, 0.3) is 10.0 Å². The van der Waals surface area contributed by atoms with Gasteiger partial charge in [-0.05, 0) is 64.1 Å². The third-order valence-electron chi connectivity index (χ3n) is 10.5. The van der Waals surface area contributed by atoms with Gasteiger partial charge < -0.3 is 10.6 Å². The third kappa shape index (κ3) is 11.2. The molecule has 0 saturated carbocycles. The summed E-state index contributed by atoms with van der Waals surface area (Å²) in [5.41, 5.74) is 7.64. The minimum Gasteiger partial charge on any atom is -0.364 e. The van der Waals surface area contributed by atoms with Gasteiger partial charge in [0.2, 0.25) is 18.5 Å². The second-order valence-electron chi connectivity index (χ2n) is 17.1. The van der Waals surface area contributed by atoms with Crippen LogP contribution < -0.4 is 15.8 Å². The summed E-state index contributed by atoms with van der Waals surface area (Å²) in [4.78, 5) is 36.4. The second kappa shape index (κ2) is 20.3. The molecule has 0 aliphatic rings. The molecule has 19 heteroatoms. The van der Waals surface area contributed by atoms with Gasteiger partial charge in [-0.25, -0.2) is 51.9 Å². The molecule has 6 aromatic heterocycles. The molecular weight excluding hydrogens is 959 g/mol. The summed E-state index contributed by atoms with van der Waals surface area (Å²) in [7, 11) is -7.42. The number of sulfone groups is 1. The van der Waals surface area contributed by atoms with Crippen molar-refractivity contribution in [3.8, 4) is 45.3 Å². The number of nitrogens with zero attached hydrogens (tertiary/aromatic N) is 8. The van der Waals surface area contributed by atoms with Crippen molar-refractivity contribution in [3.05, 3.63) is 168 Å². The number of anilines is 2. The maximum atomic E-state index is 12.9. The van der Waals surface area contributed by atoms with Crippen molar-refractivity contribution in [2.24, 2.45) is 10.6 Å². The molecule has 0 bridgehead atoms. The van der Waals surface area contributed by atoms with Crippen LogP contribution in [0.2, 0.25) is 0 Å². The number of fused-ring (bicyclic) bond motifs is 2. The van der Waals surface area contributed by atoms with E-state index >= 15 is 0 Å². The fraction of sp³-hybridized carbons (Fsp3) is 0.137. The van der Waals surface area contributed by atoms with Crippen LogP contribution in [-0.4, -0.2) is 62.5 Å². The lowest BCUT2D eigenvalue weighted by atomic mass is 10.0. The minimum absolute atomic E-state index is 0.0167. The van der Waals surface area contributed by atoms with Crippen molar-refractivity contribution in [2.75, 3.05) is 16.4 Å². The quantitative estimate of drug-likeness (QED) is 0.0978. The number of hydrogen-bond donors (Lipinski definition) is 3. The van der Waals surface area contributed by atoms with Crippen LogP contribution in [0.4, 0.5) is 11.6 Å². The minimum atomic E-state index is -3.90. The van der Waals surface area contributed by atoms with Gasteiger partial charge in [-0.1, -0.05) is 118 Å². The molecule has 15 nitrogen and oxygen atoms in total. The van der Waals surface area contributed by atoms with Gasteiger partial charge in [0.1, 0.15) is 23.0 Å². The zero-order valence-electron chi connectivity index (χ0n) is 38.1. The Morgan fingerprint density at radius 2 is 0.957 bits per heavy atom. The number of primary sulfonamides is 1. The topological polar surface area (TPSA) is 221 Å². The Bertz CT molecular complexity index is 3670. The summed E-state index contributed by atoms with van der Waals surface area (Å²) >= 11 is 2.04. The Morgan fingerprint density at radius 1 is 0.514 bits per heavy atom. The standard InChI is InChI=1S/C28H27N5O2S2.C23H18N6O2S2/c1-28(2,3)18-37(34,35)27-32-23(17-36-27)25-31-22-14-9-13-21(19-10-5-4-6-11-19)24(22)26(33-25)30-16-20-12-7-8-15-29-20;24-33(30,31)23-28-19(14-32-23)21-27-18-11-6-10-17(15-7-2-1-3-8-15)20(18)22(29-21)26-13-16-9-4-5-12-25-16/h4-15,17H,16,18H2,1-3H3,(H,30,31,33);1-12,14H,13H2,(H2,24,30,31)(H,26,27,29). The summed E-state index contributed by atoms with van der Waals surface area (Å²) < 4.78 is 49.1. The van der Waals surface area contributed by atoms with Crippen LogP contribution in [0.1, 0.15) is 32.2 Å². The first kappa shape index (κ1) is 47.6. The van der Waals surface area contributed by atoms with Crippen molar-refractivity contribution >= 4 is 76.0 Å². The van der Waals surface area contributed by atoms with E-state index in [1.165, 1.54) is 0 Å². The maximum absolute atomic E-state index is 12.9. The van der Waals surface area contributed by atoms with E-state index in [2.05, 4.69) is 47.7 Å². The highest BCUT2D eigenvalue weighted by atomic mass is 32.2. The van der Waals surface area contributed by atoms with Crippen LogP contribution in [0, 0.1) is 5.41 Å². The van der Waals surface area contributed by atoms with Crippen molar-refractivity contribution in [1.82, 2.24) is 39.9 Å². The summed E-state index contributed by atoms with van der Waals surface area (Å²) in [5.74, 6) is 1.93. The maximum Gasteiger partial charge on any atom is 0.265 e. The van der Waals surface area contributed by atoms with Crippen LogP contribution in [0.25, 0.3) is 67.1 Å². The van der Waals surface area contributed by atoms with Gasteiger partial charge in [-0.2, -0.15) is 0 Å². The Labute approximate surface area is 413 Å². The number of thiazole rings is 2. The van der Waals surface area contributed by atoms with Crippen molar-refractivity contribution in [3.63, 3.8) is 0 Å². The average Bonchev–Trinajstić information content (AvgIpc) is 4.08. The molecule has 0 unspecified atom stereocenters. The third-order valence-corrected chi connectivity index (χ3v) is 16.3. The first-order valence-corrected chi connectivity index (χ1v) is 26.8. The highest BCUT2D eigenvalue weighted by molar-refractivity contribution is 7.93. The molecule has 10 rings (SSSR count).